The van der Waals surface area contributed by atoms with E-state index in [4.69, 9.17) is 0 Å². The van der Waals surface area contributed by atoms with Gasteiger partial charge in [-0.1, -0.05) is 24.3 Å². The number of hydrogen-bond acceptors (Lipinski definition) is 1. The van der Waals surface area contributed by atoms with Gasteiger partial charge in [0.25, 0.3) is 0 Å². The van der Waals surface area contributed by atoms with E-state index >= 15 is 0 Å². The maximum Gasteiger partial charge on any atom is 0.117 e. The summed E-state index contributed by atoms with van der Waals surface area (Å²) < 4.78 is 0. The van der Waals surface area contributed by atoms with Crippen LogP contribution in [0, 0.1) is 6.92 Å². The van der Waals surface area contributed by atoms with Crippen LogP contribution in [0.3, 0.4) is 0 Å². The molecule has 0 spiro atoms. The first-order valence-corrected chi connectivity index (χ1v) is 3.85. The first kappa shape index (κ1) is 6.59. The van der Waals surface area contributed by atoms with E-state index in [1.165, 1.54) is 11.1 Å². The molecule has 1 heterocycles. The molecule has 1 aliphatic heterocycles. The van der Waals surface area contributed by atoms with Gasteiger partial charge in [-0.25, -0.2) is 0 Å². The number of hydrogen-bond donors (Lipinski definition) is 0. The molecule has 0 saturated heterocycles. The third-order valence-electron chi connectivity index (χ3n) is 2.21. The highest BCUT2D eigenvalue weighted by molar-refractivity contribution is 5.86. The Hall–Kier alpha value is -1.11. The summed E-state index contributed by atoms with van der Waals surface area (Å²) in [6.45, 7) is 4.26. The van der Waals surface area contributed by atoms with Gasteiger partial charge in [0.05, 0.1) is 0 Å². The number of nitrogens with zero attached hydrogens (tertiary/aromatic N) is 1. The van der Waals surface area contributed by atoms with Crippen LogP contribution in [0.25, 0.3) is 0 Å². The molecule has 0 saturated carbocycles. The minimum absolute atomic E-state index is 0.0331. The van der Waals surface area contributed by atoms with Gasteiger partial charge in [0.1, 0.15) is 5.54 Å². The highest BCUT2D eigenvalue weighted by atomic mass is 15.0. The average Bonchev–Trinajstić information content (AvgIpc) is 2.70. The van der Waals surface area contributed by atoms with E-state index < -0.39 is 0 Å². The summed E-state index contributed by atoms with van der Waals surface area (Å²) in [4.78, 5) is 4.24. The van der Waals surface area contributed by atoms with Crippen molar-refractivity contribution in [2.24, 2.45) is 4.99 Å². The zero-order valence-corrected chi connectivity index (χ0v) is 6.83. The molecule has 2 rings (SSSR count). The molecule has 0 fully saturated rings. The Labute approximate surface area is 66.8 Å². The molecule has 0 N–H and O–H groups in total. The third kappa shape index (κ3) is 0.967. The van der Waals surface area contributed by atoms with Crippen molar-refractivity contribution in [3.05, 3.63) is 35.4 Å². The normalized spacial score (nSPS) is 27.1. The fraction of sp³-hybridized carbons (Fsp3) is 0.300. The van der Waals surface area contributed by atoms with Crippen molar-refractivity contribution < 1.29 is 0 Å². The second kappa shape index (κ2) is 1.94. The molecule has 0 amide bonds. The van der Waals surface area contributed by atoms with Crippen molar-refractivity contribution in [1.29, 1.82) is 0 Å². The lowest BCUT2D eigenvalue weighted by molar-refractivity contribution is 0.802. The van der Waals surface area contributed by atoms with Crippen molar-refractivity contribution in [1.82, 2.24) is 0 Å². The van der Waals surface area contributed by atoms with Gasteiger partial charge in [-0.2, -0.15) is 0 Å². The lowest BCUT2D eigenvalue weighted by atomic mass is 9.96. The highest BCUT2D eigenvalue weighted by Gasteiger charge is 2.33. The van der Waals surface area contributed by atoms with Crippen molar-refractivity contribution in [3.63, 3.8) is 0 Å². The molecule has 1 atom stereocenters. The Morgan fingerprint density at radius 3 is 2.45 bits per heavy atom. The summed E-state index contributed by atoms with van der Waals surface area (Å²) in [5.74, 6) is 0. The monoisotopic (exact) mass is 145 g/mol. The van der Waals surface area contributed by atoms with Crippen molar-refractivity contribution in [2.45, 2.75) is 19.4 Å². The molecule has 0 bridgehead atoms. The van der Waals surface area contributed by atoms with Gasteiger partial charge in [0.15, 0.2) is 0 Å². The Morgan fingerprint density at radius 1 is 1.27 bits per heavy atom. The van der Waals surface area contributed by atoms with E-state index in [1.54, 1.807) is 0 Å². The summed E-state index contributed by atoms with van der Waals surface area (Å²) in [6.07, 6.45) is 2.00. The van der Waals surface area contributed by atoms with Gasteiger partial charge < -0.3 is 0 Å². The molecule has 0 aliphatic carbocycles. The van der Waals surface area contributed by atoms with Crippen LogP contribution in [0.4, 0.5) is 0 Å². The molecule has 0 radical (unpaired) electrons. The van der Waals surface area contributed by atoms with Gasteiger partial charge >= 0.3 is 0 Å². The van der Waals surface area contributed by atoms with Gasteiger partial charge in [-0.3, -0.25) is 4.99 Å². The molecule has 0 aromatic heterocycles. The second-order valence-corrected chi connectivity index (χ2v) is 3.22. The lowest BCUT2D eigenvalue weighted by Crippen LogP contribution is -2.06. The third-order valence-corrected chi connectivity index (χ3v) is 2.21. The molecule has 1 aliphatic rings. The van der Waals surface area contributed by atoms with Gasteiger partial charge in [0, 0.05) is 6.21 Å². The van der Waals surface area contributed by atoms with E-state index in [1.807, 2.05) is 6.21 Å². The summed E-state index contributed by atoms with van der Waals surface area (Å²) in [5, 5.41) is 0. The minimum atomic E-state index is 0.0331. The first-order chi connectivity index (χ1) is 5.22. The van der Waals surface area contributed by atoms with E-state index in [2.05, 4.69) is 43.1 Å². The Morgan fingerprint density at radius 2 is 1.91 bits per heavy atom. The first-order valence-electron chi connectivity index (χ1n) is 3.85. The Balaban J connectivity index is 2.45. The van der Waals surface area contributed by atoms with E-state index in [9.17, 15) is 0 Å². The molecular formula is C10H11N. The van der Waals surface area contributed by atoms with Crippen molar-refractivity contribution in [2.75, 3.05) is 0 Å². The van der Waals surface area contributed by atoms with Crippen LogP contribution < -0.4 is 0 Å². The predicted octanol–water partition coefficient (Wildman–Crippen LogP) is 2.29. The standard InChI is InChI=1S/C10H11N/c1-8-5-3-4-6-9(8)10(2)7-11-10/h3-7H,1-2H3. The molecular weight excluding hydrogens is 134 g/mol. The van der Waals surface area contributed by atoms with Gasteiger partial charge in [0.2, 0.25) is 0 Å². The number of rotatable bonds is 1. The lowest BCUT2D eigenvalue weighted by Gasteiger charge is -2.09. The topological polar surface area (TPSA) is 12.4 Å². The zero-order chi connectivity index (χ0) is 7.90. The maximum absolute atomic E-state index is 4.24. The largest absolute Gasteiger partial charge is 0.278 e. The molecule has 1 unspecified atom stereocenters. The molecule has 1 aromatic carbocycles. The van der Waals surface area contributed by atoms with E-state index in [0.717, 1.165) is 0 Å². The van der Waals surface area contributed by atoms with Crippen LogP contribution in [0.15, 0.2) is 29.3 Å². The predicted molar refractivity (Wildman–Crippen MR) is 47.0 cm³/mol. The van der Waals surface area contributed by atoms with E-state index in [0.29, 0.717) is 0 Å². The van der Waals surface area contributed by atoms with Crippen molar-refractivity contribution >= 4 is 6.21 Å². The van der Waals surface area contributed by atoms with Crippen LogP contribution in [0.5, 0.6) is 0 Å². The molecule has 1 aromatic rings. The summed E-state index contributed by atoms with van der Waals surface area (Å²) in [6, 6.07) is 8.39. The highest BCUT2D eigenvalue weighted by Crippen LogP contribution is 2.34. The maximum atomic E-state index is 4.24. The second-order valence-electron chi connectivity index (χ2n) is 3.22. The SMILES string of the molecule is Cc1ccccc1C1(C)C=N1. The molecule has 56 valence electrons. The summed E-state index contributed by atoms with van der Waals surface area (Å²) in [5.41, 5.74) is 2.69. The smallest absolute Gasteiger partial charge is 0.117 e. The summed E-state index contributed by atoms with van der Waals surface area (Å²) >= 11 is 0. The van der Waals surface area contributed by atoms with E-state index in [-0.39, 0.29) is 5.54 Å². The number of benzene rings is 1. The van der Waals surface area contributed by atoms with Gasteiger partial charge in [-0.05, 0) is 25.0 Å². The quantitative estimate of drug-likeness (QED) is 0.575. The van der Waals surface area contributed by atoms with Crippen LogP contribution in [-0.2, 0) is 5.54 Å². The fourth-order valence-corrected chi connectivity index (χ4v) is 1.38. The Bertz CT molecular complexity index is 306. The summed E-state index contributed by atoms with van der Waals surface area (Å²) in [7, 11) is 0. The van der Waals surface area contributed by atoms with Crippen LogP contribution >= 0.6 is 0 Å². The van der Waals surface area contributed by atoms with Crippen LogP contribution in [0.1, 0.15) is 18.1 Å². The molecule has 11 heavy (non-hydrogen) atoms. The average molecular weight is 145 g/mol. The molecule has 1 nitrogen and oxygen atoms in total. The minimum Gasteiger partial charge on any atom is -0.278 e. The van der Waals surface area contributed by atoms with Crippen LogP contribution in [0.2, 0.25) is 0 Å². The number of aryl methyl sites for hydroxylation is 1. The van der Waals surface area contributed by atoms with Gasteiger partial charge in [-0.15, -0.1) is 0 Å². The fourth-order valence-electron chi connectivity index (χ4n) is 1.38. The zero-order valence-electron chi connectivity index (χ0n) is 6.83. The number of aliphatic imine (C=N–C) groups is 1. The molecule has 1 heteroatoms. The van der Waals surface area contributed by atoms with Crippen LogP contribution in [-0.4, -0.2) is 6.21 Å². The Kier molecular flexibility index (Phi) is 1.16. The van der Waals surface area contributed by atoms with Crippen molar-refractivity contribution in [3.8, 4) is 0 Å².